The molecule has 272 valence electrons. The Kier molecular flexibility index (Phi) is 7.13. The summed E-state index contributed by atoms with van der Waals surface area (Å²) in [5.74, 6) is 0. The van der Waals surface area contributed by atoms with E-state index in [1.807, 2.05) is 17.4 Å². The topological polar surface area (TPSA) is 19.0 Å². The van der Waals surface area contributed by atoms with Crippen molar-refractivity contribution in [2.75, 3.05) is 4.90 Å². The minimum absolute atomic E-state index is 0.0916. The number of anilines is 3. The third-order valence-corrected chi connectivity index (χ3v) is 13.8. The first-order valence-electron chi connectivity index (χ1n) is 20.0. The molecule has 0 saturated heterocycles. The van der Waals surface area contributed by atoms with Crippen LogP contribution in [0.4, 0.5) is 17.1 Å². The molecule has 8 aromatic carbocycles. The molecule has 0 spiro atoms. The van der Waals surface area contributed by atoms with E-state index in [2.05, 4.69) is 206 Å². The number of benzene rings is 8. The highest BCUT2D eigenvalue weighted by molar-refractivity contribution is 7.26. The number of fused-ring (bicyclic) bond motifs is 12. The predicted molar refractivity (Wildman–Crippen MR) is 249 cm³/mol. The number of rotatable bonds is 5. The molecular weight excluding hydrogens is 721 g/mol. The average molecular weight is 758 g/mol. The van der Waals surface area contributed by atoms with E-state index < -0.39 is 0 Å². The number of nitrogens with one attached hydrogen (secondary N) is 1. The van der Waals surface area contributed by atoms with E-state index >= 15 is 0 Å². The van der Waals surface area contributed by atoms with Crippen LogP contribution in [-0.4, -0.2) is 4.98 Å². The van der Waals surface area contributed by atoms with Crippen molar-refractivity contribution in [3.63, 3.8) is 0 Å². The maximum atomic E-state index is 3.75. The highest BCUT2D eigenvalue weighted by Crippen LogP contribution is 2.51. The van der Waals surface area contributed by atoms with Crippen molar-refractivity contribution in [2.24, 2.45) is 0 Å². The second-order valence-corrected chi connectivity index (χ2v) is 17.2. The summed E-state index contributed by atoms with van der Waals surface area (Å²) in [5.41, 5.74) is 17.1. The predicted octanol–water partition coefficient (Wildman–Crippen LogP) is 15.6. The number of hydrogen-bond donors (Lipinski definition) is 1. The normalized spacial score (nSPS) is 13.6. The first kappa shape index (κ1) is 33.1. The molecule has 2 nitrogen and oxygen atoms in total. The standard InChI is InChI=1S/C55H37N2S/c1-55(2)48-14-8-6-12-42(48)43-30-27-41(33-49(43)55)57(39-23-16-35(17-24-39)34-10-4-3-5-11-34)40-25-18-36(19-26-40)38-22-31-51-47(32-38)46-29-21-37-20-28-45-44-13-7-9-15-50(44)56-53(45)52(37)54(46)58-51/h3-6,8-33,56H,1-2H3/q+1. The lowest BCUT2D eigenvalue weighted by Gasteiger charge is -2.28. The fourth-order valence-corrected chi connectivity index (χ4v) is 10.8. The van der Waals surface area contributed by atoms with Crippen molar-refractivity contribution in [1.29, 1.82) is 0 Å². The fourth-order valence-electron chi connectivity index (χ4n) is 9.59. The smallest absolute Gasteiger partial charge is 0.161 e. The molecule has 1 N–H and O–H groups in total. The molecule has 2 heterocycles. The van der Waals surface area contributed by atoms with Crippen LogP contribution in [0, 0.1) is 6.08 Å². The third kappa shape index (κ3) is 4.94. The highest BCUT2D eigenvalue weighted by Gasteiger charge is 2.35. The van der Waals surface area contributed by atoms with E-state index in [-0.39, 0.29) is 5.41 Å². The van der Waals surface area contributed by atoms with Gasteiger partial charge in [-0.05, 0) is 104 Å². The zero-order chi connectivity index (χ0) is 38.5. The zero-order valence-corrected chi connectivity index (χ0v) is 33.0. The van der Waals surface area contributed by atoms with Gasteiger partial charge in [-0.2, -0.15) is 0 Å². The molecule has 0 bridgehead atoms. The van der Waals surface area contributed by atoms with Crippen molar-refractivity contribution in [3.05, 3.63) is 198 Å². The van der Waals surface area contributed by atoms with Crippen LogP contribution < -0.4 is 4.90 Å². The Bertz CT molecular complexity index is 3340. The quantitative estimate of drug-likeness (QED) is 0.173. The van der Waals surface area contributed by atoms with Crippen LogP contribution in [0.5, 0.6) is 0 Å². The van der Waals surface area contributed by atoms with E-state index in [0.717, 1.165) is 22.8 Å². The van der Waals surface area contributed by atoms with Crippen LogP contribution in [0.2, 0.25) is 0 Å². The molecule has 0 radical (unpaired) electrons. The molecule has 3 heteroatoms. The molecule has 0 unspecified atom stereocenters. The first-order chi connectivity index (χ1) is 28.5. The summed E-state index contributed by atoms with van der Waals surface area (Å²) in [6.07, 6.45) is 9.47. The van der Waals surface area contributed by atoms with Crippen LogP contribution in [0.1, 0.15) is 36.2 Å². The Hall–Kier alpha value is -7.03. The van der Waals surface area contributed by atoms with E-state index in [9.17, 15) is 0 Å². The summed E-state index contributed by atoms with van der Waals surface area (Å²) in [6, 6.07) is 60.7. The monoisotopic (exact) mass is 757 g/mol. The second kappa shape index (κ2) is 12.5. The number of H-pyrrole nitrogens is 1. The molecule has 2 aromatic heterocycles. The molecule has 0 fully saturated rings. The first-order valence-corrected chi connectivity index (χ1v) is 20.8. The van der Waals surface area contributed by atoms with E-state index in [1.54, 1.807) is 0 Å². The van der Waals surface area contributed by atoms with Crippen LogP contribution in [0.15, 0.2) is 170 Å². The number of hydrogen-bond acceptors (Lipinski definition) is 2. The molecule has 0 amide bonds. The van der Waals surface area contributed by atoms with Gasteiger partial charge in [-0.25, -0.2) is 0 Å². The van der Waals surface area contributed by atoms with Gasteiger partial charge in [-0.15, -0.1) is 11.3 Å². The van der Waals surface area contributed by atoms with Crippen molar-refractivity contribution < 1.29 is 0 Å². The van der Waals surface area contributed by atoms with Crippen molar-refractivity contribution in [2.45, 2.75) is 19.3 Å². The molecule has 0 atom stereocenters. The number of thiophene rings is 1. The molecule has 0 aliphatic heterocycles. The van der Waals surface area contributed by atoms with Crippen molar-refractivity contribution in [1.82, 2.24) is 4.98 Å². The van der Waals surface area contributed by atoms with Gasteiger partial charge in [0, 0.05) is 54.1 Å². The summed E-state index contributed by atoms with van der Waals surface area (Å²) in [5, 5.41) is 6.41. The van der Waals surface area contributed by atoms with Crippen molar-refractivity contribution >= 4 is 82.4 Å². The Balaban J connectivity index is 0.953. The Morgan fingerprint density at radius 3 is 2.00 bits per heavy atom. The summed E-state index contributed by atoms with van der Waals surface area (Å²) < 4.78 is 2.63. The summed E-state index contributed by atoms with van der Waals surface area (Å²) in [4.78, 5) is 6.15. The molecule has 10 aromatic rings. The molecule has 12 rings (SSSR count). The minimum Gasteiger partial charge on any atom is -0.331 e. The number of aromatic amines is 1. The van der Waals surface area contributed by atoms with Gasteiger partial charge in [0.05, 0.1) is 17.0 Å². The van der Waals surface area contributed by atoms with Gasteiger partial charge in [0.2, 0.25) is 0 Å². The van der Waals surface area contributed by atoms with Crippen LogP contribution in [0.3, 0.4) is 0 Å². The second-order valence-electron chi connectivity index (χ2n) is 16.1. The van der Waals surface area contributed by atoms with E-state index in [0.29, 0.717) is 0 Å². The summed E-state index contributed by atoms with van der Waals surface area (Å²) in [6.45, 7) is 4.71. The molecular formula is C55H37N2S+. The van der Waals surface area contributed by atoms with Crippen LogP contribution >= 0.6 is 11.3 Å². The van der Waals surface area contributed by atoms with Gasteiger partial charge >= 0.3 is 0 Å². The highest BCUT2D eigenvalue weighted by atomic mass is 32.1. The maximum Gasteiger partial charge on any atom is 0.161 e. The lowest BCUT2D eigenvalue weighted by Crippen LogP contribution is -2.16. The van der Waals surface area contributed by atoms with Gasteiger partial charge in [-0.1, -0.05) is 123 Å². The Labute approximate surface area is 341 Å². The van der Waals surface area contributed by atoms with Gasteiger partial charge in [0.15, 0.2) is 5.69 Å². The lowest BCUT2D eigenvalue weighted by atomic mass is 9.82. The van der Waals surface area contributed by atoms with Gasteiger partial charge in [0.25, 0.3) is 0 Å². The minimum atomic E-state index is -0.0916. The summed E-state index contributed by atoms with van der Waals surface area (Å²) in [7, 11) is 0. The molecule has 58 heavy (non-hydrogen) atoms. The molecule has 2 aliphatic rings. The van der Waals surface area contributed by atoms with Crippen LogP contribution in [-0.2, 0) is 5.41 Å². The van der Waals surface area contributed by atoms with E-state index in [4.69, 9.17) is 0 Å². The average Bonchev–Trinajstić information content (AvgIpc) is 3.92. The SMILES string of the molecule is CC1(C)c2ccccc2-c2ccc(N(c3ccc(-c4ccccc4)cc3)c3ccc(-c4ccc5sc6c(ccc7ccc8c9c([nH]c8c76)C=C[C+]=C9)c5c4)cc3)cc21. The Morgan fingerprint density at radius 1 is 0.552 bits per heavy atom. The number of nitrogens with zero attached hydrogens (tertiary/aromatic N) is 1. The summed E-state index contributed by atoms with van der Waals surface area (Å²) >= 11 is 1.89. The van der Waals surface area contributed by atoms with Gasteiger partial charge in [-0.3, -0.25) is 0 Å². The molecule has 2 aliphatic carbocycles. The number of aromatic nitrogens is 1. The van der Waals surface area contributed by atoms with Gasteiger partial charge in [0.1, 0.15) is 17.7 Å². The third-order valence-electron chi connectivity index (χ3n) is 12.6. The van der Waals surface area contributed by atoms with E-state index in [1.165, 1.54) is 91.9 Å². The largest absolute Gasteiger partial charge is 0.331 e. The van der Waals surface area contributed by atoms with Gasteiger partial charge < -0.3 is 9.88 Å². The maximum absolute atomic E-state index is 3.75. The lowest BCUT2D eigenvalue weighted by molar-refractivity contribution is 0.660. The Morgan fingerprint density at radius 2 is 1.21 bits per heavy atom. The van der Waals surface area contributed by atoms with Crippen molar-refractivity contribution in [3.8, 4) is 33.4 Å². The molecule has 0 saturated carbocycles. The van der Waals surface area contributed by atoms with Crippen LogP contribution in [0.25, 0.3) is 87.4 Å². The number of allylic oxidation sites excluding steroid dienone is 2. The fraction of sp³-hybridized carbons (Fsp3) is 0.0545. The zero-order valence-electron chi connectivity index (χ0n) is 32.2.